The molecular weight excluding hydrogens is 302 g/mol. The van der Waals surface area contributed by atoms with Crippen LogP contribution in [0.1, 0.15) is 26.4 Å². The first-order valence-corrected chi connectivity index (χ1v) is 5.77. The van der Waals surface area contributed by atoms with Crippen LogP contribution in [0.2, 0.25) is 0 Å². The van der Waals surface area contributed by atoms with Crippen LogP contribution in [0.3, 0.4) is 0 Å². The second-order valence-corrected chi connectivity index (χ2v) is 4.30. The Bertz CT molecular complexity index is 592. The van der Waals surface area contributed by atoms with E-state index in [4.69, 9.17) is 5.11 Å². The molecule has 2 rings (SSSR count). The molecule has 0 saturated heterocycles. The molecule has 0 fully saturated rings. The Morgan fingerprint density at radius 1 is 1.39 bits per heavy atom. The lowest BCUT2D eigenvalue weighted by molar-refractivity contribution is 0.0682. The molecule has 0 bridgehead atoms. The highest BCUT2D eigenvalue weighted by atomic mass is 79.9. The summed E-state index contributed by atoms with van der Waals surface area (Å²) < 4.78 is 1.47. The quantitative estimate of drug-likeness (QED) is 0.867. The van der Waals surface area contributed by atoms with Crippen LogP contribution in [0, 0.1) is 0 Å². The smallest absolute Gasteiger partial charge is 0.357 e. The topological polar surface area (TPSA) is 85.1 Å². The van der Waals surface area contributed by atoms with Crippen molar-refractivity contribution in [3.05, 3.63) is 45.7 Å². The molecule has 18 heavy (non-hydrogen) atoms. The minimum absolute atomic E-state index is 0.00513. The van der Waals surface area contributed by atoms with Gasteiger partial charge in [0, 0.05) is 5.56 Å². The number of hydrogen-bond acceptors (Lipinski definition) is 4. The lowest BCUT2D eigenvalue weighted by Crippen LogP contribution is -2.11. The average molecular weight is 310 g/mol. The zero-order valence-electron chi connectivity index (χ0n) is 9.08. The van der Waals surface area contributed by atoms with Crippen molar-refractivity contribution in [3.8, 4) is 0 Å². The molecule has 0 aliphatic rings. The predicted molar refractivity (Wildman–Crippen MR) is 65.6 cm³/mol. The molecule has 92 valence electrons. The van der Waals surface area contributed by atoms with Crippen LogP contribution < -0.4 is 0 Å². The van der Waals surface area contributed by atoms with E-state index in [0.29, 0.717) is 5.56 Å². The van der Waals surface area contributed by atoms with Crippen LogP contribution in [-0.2, 0) is 6.54 Å². The number of halogens is 1. The van der Waals surface area contributed by atoms with Gasteiger partial charge < -0.3 is 5.11 Å². The summed E-state index contributed by atoms with van der Waals surface area (Å²) in [5.41, 5.74) is 1.40. The molecule has 1 aromatic carbocycles. The van der Waals surface area contributed by atoms with E-state index in [0.717, 1.165) is 11.8 Å². The molecule has 0 saturated carbocycles. The number of aromatic carboxylic acids is 1. The minimum atomic E-state index is -1.10. The zero-order valence-corrected chi connectivity index (χ0v) is 10.7. The van der Waals surface area contributed by atoms with E-state index in [2.05, 4.69) is 26.2 Å². The molecule has 0 atom stereocenters. The van der Waals surface area contributed by atoms with E-state index in [9.17, 15) is 9.59 Å². The molecule has 2 aromatic rings. The Balaban J connectivity index is 2.28. The van der Waals surface area contributed by atoms with E-state index in [1.54, 1.807) is 24.3 Å². The van der Waals surface area contributed by atoms with Gasteiger partial charge in [-0.05, 0) is 21.5 Å². The van der Waals surface area contributed by atoms with Crippen LogP contribution in [0.4, 0.5) is 0 Å². The summed E-state index contributed by atoms with van der Waals surface area (Å²) in [4.78, 5) is 21.5. The summed E-state index contributed by atoms with van der Waals surface area (Å²) in [7, 11) is 0. The van der Waals surface area contributed by atoms with Gasteiger partial charge >= 0.3 is 5.97 Å². The summed E-state index contributed by atoms with van der Waals surface area (Å²) in [6.07, 6.45) is 0.749. The molecule has 1 aromatic heterocycles. The third-order valence-electron chi connectivity index (χ3n) is 2.34. The summed E-state index contributed by atoms with van der Waals surface area (Å²) in [6.45, 7) is 0.277. The third kappa shape index (κ3) is 2.45. The van der Waals surface area contributed by atoms with Gasteiger partial charge in [-0.3, -0.25) is 4.79 Å². The minimum Gasteiger partial charge on any atom is -0.476 e. The van der Waals surface area contributed by atoms with Gasteiger partial charge in [0.25, 0.3) is 0 Å². The average Bonchev–Trinajstić information content (AvgIpc) is 2.71. The van der Waals surface area contributed by atoms with Crippen molar-refractivity contribution in [3.63, 3.8) is 0 Å². The second-order valence-electron chi connectivity index (χ2n) is 3.55. The molecule has 0 aliphatic heterocycles. The van der Waals surface area contributed by atoms with Crippen molar-refractivity contribution >= 4 is 28.2 Å². The predicted octanol–water partition coefficient (Wildman–Crippen LogP) is 1.60. The third-order valence-corrected chi connectivity index (χ3v) is 2.88. The molecular formula is C11H8BrN3O3. The van der Waals surface area contributed by atoms with Gasteiger partial charge in [-0.15, -0.1) is 5.10 Å². The van der Waals surface area contributed by atoms with E-state index < -0.39 is 5.97 Å². The van der Waals surface area contributed by atoms with Crippen molar-refractivity contribution < 1.29 is 14.7 Å². The van der Waals surface area contributed by atoms with Gasteiger partial charge in [-0.1, -0.05) is 29.5 Å². The number of hydrogen-bond donors (Lipinski definition) is 1. The van der Waals surface area contributed by atoms with Crippen molar-refractivity contribution in [2.24, 2.45) is 0 Å². The Labute approximate surface area is 110 Å². The molecule has 0 unspecified atom stereocenters. The number of carbonyl (C=O) groups excluding carboxylic acids is 1. The van der Waals surface area contributed by atoms with Gasteiger partial charge in [0.05, 0.1) is 6.54 Å². The SMILES string of the molecule is O=Cc1ccc(Cn2nnc(Br)c2C(=O)O)cc1. The van der Waals surface area contributed by atoms with Crippen molar-refractivity contribution in [1.82, 2.24) is 15.0 Å². The molecule has 6 nitrogen and oxygen atoms in total. The number of nitrogens with zero attached hydrogens (tertiary/aromatic N) is 3. The summed E-state index contributed by atoms with van der Waals surface area (Å²) in [5.74, 6) is -1.10. The maximum atomic E-state index is 11.0. The fourth-order valence-electron chi connectivity index (χ4n) is 1.48. The van der Waals surface area contributed by atoms with E-state index in [-0.39, 0.29) is 16.8 Å². The number of carboxylic acids is 1. The monoisotopic (exact) mass is 309 g/mol. The summed E-state index contributed by atoms with van der Waals surface area (Å²) >= 11 is 3.03. The van der Waals surface area contributed by atoms with Crippen molar-refractivity contribution in [2.75, 3.05) is 0 Å². The lowest BCUT2D eigenvalue weighted by atomic mass is 10.1. The molecule has 0 radical (unpaired) electrons. The number of aromatic nitrogens is 3. The summed E-state index contributed by atoms with van der Waals surface area (Å²) in [6, 6.07) is 6.80. The van der Waals surface area contributed by atoms with Gasteiger partial charge in [-0.25, -0.2) is 9.48 Å². The number of benzene rings is 1. The Morgan fingerprint density at radius 3 is 2.61 bits per heavy atom. The molecule has 1 heterocycles. The molecule has 1 N–H and O–H groups in total. The highest BCUT2D eigenvalue weighted by molar-refractivity contribution is 9.10. The Morgan fingerprint density at radius 2 is 2.06 bits per heavy atom. The normalized spacial score (nSPS) is 10.3. The Kier molecular flexibility index (Phi) is 3.52. The highest BCUT2D eigenvalue weighted by Crippen LogP contribution is 2.14. The van der Waals surface area contributed by atoms with E-state index >= 15 is 0 Å². The summed E-state index contributed by atoms with van der Waals surface area (Å²) in [5, 5.41) is 16.4. The van der Waals surface area contributed by atoms with Crippen molar-refractivity contribution in [1.29, 1.82) is 0 Å². The van der Waals surface area contributed by atoms with Crippen LogP contribution in [0.5, 0.6) is 0 Å². The Hall–Kier alpha value is -2.02. The standard InChI is InChI=1S/C11H8BrN3O3/c12-10-9(11(17)18)15(14-13-10)5-7-1-3-8(6-16)4-2-7/h1-4,6H,5H2,(H,17,18). The van der Waals surface area contributed by atoms with Crippen LogP contribution in [0.25, 0.3) is 0 Å². The fourth-order valence-corrected chi connectivity index (χ4v) is 1.92. The van der Waals surface area contributed by atoms with Crippen LogP contribution in [0.15, 0.2) is 28.9 Å². The zero-order chi connectivity index (χ0) is 13.1. The maximum Gasteiger partial charge on any atom is 0.357 e. The van der Waals surface area contributed by atoms with Gasteiger partial charge in [0.2, 0.25) is 0 Å². The van der Waals surface area contributed by atoms with Crippen LogP contribution in [-0.4, -0.2) is 32.4 Å². The highest BCUT2D eigenvalue weighted by Gasteiger charge is 2.17. The first-order chi connectivity index (χ1) is 8.61. The maximum absolute atomic E-state index is 11.0. The molecule has 7 heteroatoms. The molecule has 0 amide bonds. The van der Waals surface area contributed by atoms with Gasteiger partial charge in [0.1, 0.15) is 6.29 Å². The second kappa shape index (κ2) is 5.09. The van der Waals surface area contributed by atoms with Crippen molar-refractivity contribution in [2.45, 2.75) is 6.54 Å². The molecule has 0 spiro atoms. The number of carboxylic acid groups (broad SMARTS) is 1. The number of rotatable bonds is 4. The first kappa shape index (κ1) is 12.4. The number of aldehydes is 1. The first-order valence-electron chi connectivity index (χ1n) is 4.98. The molecule has 0 aliphatic carbocycles. The largest absolute Gasteiger partial charge is 0.476 e. The number of carbonyl (C=O) groups is 2. The van der Waals surface area contributed by atoms with Crippen LogP contribution >= 0.6 is 15.9 Å². The van der Waals surface area contributed by atoms with E-state index in [1.165, 1.54) is 4.68 Å². The van der Waals surface area contributed by atoms with Gasteiger partial charge in [-0.2, -0.15) is 0 Å². The fraction of sp³-hybridized carbons (Fsp3) is 0.0909. The van der Waals surface area contributed by atoms with E-state index in [1.807, 2.05) is 0 Å². The lowest BCUT2D eigenvalue weighted by Gasteiger charge is -2.03. The van der Waals surface area contributed by atoms with Gasteiger partial charge in [0.15, 0.2) is 10.3 Å².